The van der Waals surface area contributed by atoms with Crippen LogP contribution in [0.15, 0.2) is 35.9 Å². The van der Waals surface area contributed by atoms with E-state index in [2.05, 4.69) is 79.7 Å². The fraction of sp³-hybridized carbons (Fsp3) is 0.450. The van der Waals surface area contributed by atoms with Crippen LogP contribution in [0.4, 0.5) is 0 Å². The molecular formula is C20H29Cl2OTi-2. The van der Waals surface area contributed by atoms with Gasteiger partial charge in [-0.05, 0) is 35.6 Å². The number of halogens is 2. The summed E-state index contributed by atoms with van der Waals surface area (Å²) in [4.78, 5) is 0. The van der Waals surface area contributed by atoms with E-state index in [0.29, 0.717) is 5.75 Å². The smallest absolute Gasteiger partial charge is 0.116 e. The first-order chi connectivity index (χ1) is 10.0. The molecule has 0 amide bonds. The number of hydrogen-bond acceptors (Lipinski definition) is 1. The van der Waals surface area contributed by atoms with Crippen molar-refractivity contribution in [3.63, 3.8) is 0 Å². The van der Waals surface area contributed by atoms with Crippen LogP contribution < -0.4 is 24.8 Å². The second kappa shape index (κ2) is 13.9. The van der Waals surface area contributed by atoms with Gasteiger partial charge >= 0.3 is 37.6 Å². The van der Waals surface area contributed by atoms with Crippen LogP contribution >= 0.6 is 0 Å². The van der Waals surface area contributed by atoms with Crippen LogP contribution in [0, 0.1) is 13.0 Å². The number of rotatable bonds is 0. The van der Waals surface area contributed by atoms with Gasteiger partial charge in [0.15, 0.2) is 0 Å². The van der Waals surface area contributed by atoms with Crippen molar-refractivity contribution in [2.45, 2.75) is 60.3 Å². The van der Waals surface area contributed by atoms with E-state index in [1.165, 1.54) is 14.9 Å². The van der Waals surface area contributed by atoms with Crippen molar-refractivity contribution >= 4 is 3.81 Å². The Labute approximate surface area is 172 Å². The van der Waals surface area contributed by atoms with Crippen molar-refractivity contribution in [3.05, 3.63) is 53.1 Å². The number of phenols is 1. The van der Waals surface area contributed by atoms with Crippen LogP contribution in [0.25, 0.3) is 0 Å². The molecule has 0 unspecified atom stereocenters. The molecule has 0 fully saturated rings. The van der Waals surface area contributed by atoms with Gasteiger partial charge in [0, 0.05) is 0 Å². The fourth-order valence-electron chi connectivity index (χ4n) is 1.69. The Morgan fingerprint density at radius 1 is 1.08 bits per heavy atom. The zero-order valence-corrected chi connectivity index (χ0v) is 18.9. The summed E-state index contributed by atoms with van der Waals surface area (Å²) in [6, 6.07) is 5.71. The third kappa shape index (κ3) is 15.2. The molecule has 0 aliphatic heterocycles. The summed E-state index contributed by atoms with van der Waals surface area (Å²) >= 11 is 2.08. The summed E-state index contributed by atoms with van der Waals surface area (Å²) in [6.45, 7) is 14.7. The van der Waals surface area contributed by atoms with Gasteiger partial charge < -0.3 is 29.9 Å². The van der Waals surface area contributed by atoms with Crippen molar-refractivity contribution in [1.29, 1.82) is 0 Å². The van der Waals surface area contributed by atoms with Gasteiger partial charge in [-0.3, -0.25) is 6.08 Å². The molecule has 0 bridgehead atoms. The van der Waals surface area contributed by atoms with Crippen LogP contribution in [0.2, 0.25) is 0 Å². The molecule has 0 spiro atoms. The van der Waals surface area contributed by atoms with E-state index in [4.69, 9.17) is 0 Å². The van der Waals surface area contributed by atoms with Crippen LogP contribution in [0.3, 0.4) is 0 Å². The van der Waals surface area contributed by atoms with E-state index in [-0.39, 0.29) is 30.2 Å². The molecule has 1 aromatic carbocycles. The maximum absolute atomic E-state index is 9.36. The van der Waals surface area contributed by atoms with Crippen LogP contribution in [-0.2, 0) is 25.4 Å². The molecule has 1 aliphatic rings. The number of aryl methyl sites for hydroxylation is 1. The normalized spacial score (nSPS) is 11.6. The minimum atomic E-state index is 0. The molecule has 2 rings (SSSR count). The zero-order chi connectivity index (χ0) is 17.3. The number of hydrogen-bond donors (Lipinski definition) is 1. The topological polar surface area (TPSA) is 20.2 Å². The third-order valence-corrected chi connectivity index (χ3v) is 2.80. The standard InChI is InChI=1S/C11H16O.C6H7.C3H6.2ClH.Ti/c1-8-5-9(11(2,3)4)7-10(12)6-8;1-6-4-2-3-5-6;1-3-2;;;/h5-7,12H,1-4H3;4-5H,2H2,1H3;1-2H3;2*1H;/q;-1;;;;+1/p-2. The van der Waals surface area contributed by atoms with Crippen LogP contribution in [0.1, 0.15) is 59.1 Å². The second-order valence-electron chi connectivity index (χ2n) is 6.81. The molecule has 0 radical (unpaired) electrons. The van der Waals surface area contributed by atoms with Gasteiger partial charge in [-0.2, -0.15) is 6.08 Å². The molecule has 4 heteroatoms. The van der Waals surface area contributed by atoms with Gasteiger partial charge in [-0.15, -0.1) is 13.3 Å². The summed E-state index contributed by atoms with van der Waals surface area (Å²) in [5, 5.41) is 9.36. The van der Waals surface area contributed by atoms with E-state index in [0.717, 1.165) is 12.0 Å². The van der Waals surface area contributed by atoms with Gasteiger partial charge in [-0.1, -0.05) is 26.8 Å². The Morgan fingerprint density at radius 2 is 1.58 bits per heavy atom. The van der Waals surface area contributed by atoms with E-state index in [9.17, 15) is 5.11 Å². The molecule has 0 heterocycles. The predicted octanol–water partition coefficient (Wildman–Crippen LogP) is -0.553. The number of benzene rings is 1. The van der Waals surface area contributed by atoms with Gasteiger partial charge in [-0.25, -0.2) is 11.6 Å². The molecule has 135 valence electrons. The van der Waals surface area contributed by atoms with Crippen molar-refractivity contribution in [2.24, 2.45) is 0 Å². The number of allylic oxidation sites excluding steroid dienone is 4. The second-order valence-corrected chi connectivity index (χ2v) is 8.37. The first kappa shape index (κ1) is 28.5. The summed E-state index contributed by atoms with van der Waals surface area (Å²) in [6.07, 6.45) is 8.24. The van der Waals surface area contributed by atoms with Crippen molar-refractivity contribution in [1.82, 2.24) is 0 Å². The van der Waals surface area contributed by atoms with E-state index >= 15 is 0 Å². The summed E-state index contributed by atoms with van der Waals surface area (Å²) < 4.78 is 1.42. The van der Waals surface area contributed by atoms with Gasteiger partial charge in [0.25, 0.3) is 0 Å². The largest absolute Gasteiger partial charge is 1.00 e. The Kier molecular flexibility index (Phi) is 16.5. The first-order valence-electron chi connectivity index (χ1n) is 7.58. The molecule has 1 N–H and O–H groups in total. The molecule has 1 nitrogen and oxygen atoms in total. The Bertz CT molecular complexity index is 528. The average Bonchev–Trinajstić information content (AvgIpc) is 2.78. The molecule has 0 saturated heterocycles. The predicted molar refractivity (Wildman–Crippen MR) is 94.1 cm³/mol. The molecule has 0 atom stereocenters. The minimum Gasteiger partial charge on any atom is -1.00 e. The average molecular weight is 404 g/mol. The minimum absolute atomic E-state index is 0. The number of phenolic OH excluding ortho intramolecular Hbond substituents is 1. The van der Waals surface area contributed by atoms with Crippen LogP contribution in [-0.4, -0.2) is 8.92 Å². The third-order valence-electron chi connectivity index (χ3n) is 2.80. The summed E-state index contributed by atoms with van der Waals surface area (Å²) in [7, 11) is 0. The van der Waals surface area contributed by atoms with Gasteiger partial charge in [0.2, 0.25) is 0 Å². The van der Waals surface area contributed by atoms with E-state index < -0.39 is 0 Å². The van der Waals surface area contributed by atoms with Crippen molar-refractivity contribution in [3.8, 4) is 5.75 Å². The molecule has 1 aliphatic carbocycles. The number of aromatic hydroxyl groups is 1. The van der Waals surface area contributed by atoms with Gasteiger partial charge in [0.05, 0.1) is 0 Å². The Balaban J connectivity index is -0.000000311. The van der Waals surface area contributed by atoms with Gasteiger partial charge in [0.1, 0.15) is 5.75 Å². The zero-order valence-electron chi connectivity index (χ0n) is 15.8. The maximum atomic E-state index is 9.36. The summed E-state index contributed by atoms with van der Waals surface area (Å²) in [5.74, 6) is 0.361. The maximum Gasteiger partial charge on any atom is 0.116 e. The molecule has 0 aromatic heterocycles. The van der Waals surface area contributed by atoms with Crippen molar-refractivity contribution in [2.75, 3.05) is 0 Å². The molecule has 24 heavy (non-hydrogen) atoms. The first-order valence-corrected chi connectivity index (χ1v) is 8.36. The monoisotopic (exact) mass is 403 g/mol. The summed E-state index contributed by atoms with van der Waals surface area (Å²) in [5.41, 5.74) is 3.75. The Morgan fingerprint density at radius 3 is 1.83 bits per heavy atom. The van der Waals surface area contributed by atoms with Crippen molar-refractivity contribution < 1.29 is 49.9 Å². The SMILES string of the molecule is CC1=CC[C-]=C1.C[C](C)=[Ti+].Cc1cc(O)cc(C(C)(C)C)c1.[Cl-].[Cl-]. The van der Waals surface area contributed by atoms with Crippen LogP contribution in [0.5, 0.6) is 5.75 Å². The van der Waals surface area contributed by atoms with E-state index in [1.807, 2.05) is 19.1 Å². The molecule has 0 saturated carbocycles. The molecular weight excluding hydrogens is 375 g/mol. The quantitative estimate of drug-likeness (QED) is 0.455. The molecule has 1 aromatic rings. The van der Waals surface area contributed by atoms with E-state index in [1.54, 1.807) is 6.07 Å². The fourth-order valence-corrected chi connectivity index (χ4v) is 1.69. The Hall–Kier alpha value is -0.336.